The first-order chi connectivity index (χ1) is 19.4. The van der Waals surface area contributed by atoms with Gasteiger partial charge in [0.25, 0.3) is 0 Å². The van der Waals surface area contributed by atoms with E-state index in [0.717, 1.165) is 27.1 Å². The van der Waals surface area contributed by atoms with Crippen LogP contribution < -0.4 is 15.5 Å². The third-order valence-electron chi connectivity index (χ3n) is 6.13. The Bertz CT molecular complexity index is 1400. The van der Waals surface area contributed by atoms with Crippen molar-refractivity contribution in [3.63, 3.8) is 0 Å². The molecule has 2 unspecified atom stereocenters. The summed E-state index contributed by atoms with van der Waals surface area (Å²) in [5.74, 6) is -4.99. The molecule has 1 fully saturated rings. The summed E-state index contributed by atoms with van der Waals surface area (Å²) in [7, 11) is 0. The summed E-state index contributed by atoms with van der Waals surface area (Å²) in [6, 6.07) is 16.6. The number of likely N-dealkylation sites (tertiary alicyclic amines) is 1. The van der Waals surface area contributed by atoms with Crippen molar-refractivity contribution in [3.05, 3.63) is 66.4 Å². The molecule has 1 aromatic heterocycles. The summed E-state index contributed by atoms with van der Waals surface area (Å²) in [5, 5.41) is 29.0. The van der Waals surface area contributed by atoms with Gasteiger partial charge in [-0.2, -0.15) is 13.2 Å². The highest BCUT2D eigenvalue weighted by atomic mass is 19.4. The Morgan fingerprint density at radius 2 is 1.63 bits per heavy atom. The number of pyridine rings is 1. The summed E-state index contributed by atoms with van der Waals surface area (Å²) in [5.41, 5.74) is 3.81. The molecule has 0 saturated carbocycles. The number of carbonyl (C=O) groups is 4. The number of carbonyl (C=O) groups excluding carboxylic acids is 2. The molecular weight excluding hydrogens is 553 g/mol. The molecule has 3 amide bonds. The Morgan fingerprint density at radius 1 is 0.976 bits per heavy atom. The van der Waals surface area contributed by atoms with Crippen molar-refractivity contribution < 1.29 is 52.5 Å². The zero-order valence-corrected chi connectivity index (χ0v) is 21.2. The minimum atomic E-state index is -5.08. The SMILES string of the molecule is O=C(NO)C1CN(C(=O)O)CCC1C(=O)Nc1ccc(COc2ccnc3ccccc23)cc1.O=C(O)C(F)(F)F. The number of piperidine rings is 1. The van der Waals surface area contributed by atoms with E-state index in [1.807, 2.05) is 42.5 Å². The topological polar surface area (TPSA) is 178 Å². The molecule has 5 N–H and O–H groups in total. The minimum Gasteiger partial charge on any atom is -0.488 e. The Balaban J connectivity index is 0.000000587. The van der Waals surface area contributed by atoms with Gasteiger partial charge in [0.15, 0.2) is 0 Å². The largest absolute Gasteiger partial charge is 0.490 e. The number of amides is 3. The van der Waals surface area contributed by atoms with E-state index < -0.39 is 41.9 Å². The van der Waals surface area contributed by atoms with Crippen molar-refractivity contribution in [2.24, 2.45) is 11.8 Å². The van der Waals surface area contributed by atoms with Crippen LogP contribution in [-0.4, -0.2) is 68.4 Å². The lowest BCUT2D eigenvalue weighted by Crippen LogP contribution is -2.51. The first kappa shape index (κ1) is 30.6. The molecule has 0 radical (unpaired) electrons. The molecule has 3 aromatic rings. The van der Waals surface area contributed by atoms with Crippen LogP contribution in [0.4, 0.5) is 23.7 Å². The number of carboxylic acids is 1. The van der Waals surface area contributed by atoms with Crippen LogP contribution in [0.15, 0.2) is 60.8 Å². The summed E-state index contributed by atoms with van der Waals surface area (Å²) >= 11 is 0. The number of aliphatic carboxylic acids is 1. The van der Waals surface area contributed by atoms with E-state index in [2.05, 4.69) is 10.3 Å². The number of carboxylic acid groups (broad SMARTS) is 2. The number of hydroxylamine groups is 1. The van der Waals surface area contributed by atoms with E-state index in [1.165, 1.54) is 5.48 Å². The number of halogens is 3. The van der Waals surface area contributed by atoms with Crippen LogP contribution in [0.5, 0.6) is 5.75 Å². The Morgan fingerprint density at radius 3 is 2.24 bits per heavy atom. The average molecular weight is 579 g/mol. The minimum absolute atomic E-state index is 0.128. The normalized spacial score (nSPS) is 16.6. The van der Waals surface area contributed by atoms with Gasteiger partial charge in [-0.1, -0.05) is 24.3 Å². The molecule has 1 aliphatic rings. The summed E-state index contributed by atoms with van der Waals surface area (Å²) < 4.78 is 37.7. The number of rotatable bonds is 6. The number of hydrogen-bond donors (Lipinski definition) is 5. The first-order valence-corrected chi connectivity index (χ1v) is 12.0. The van der Waals surface area contributed by atoms with Gasteiger partial charge in [0.1, 0.15) is 12.4 Å². The lowest BCUT2D eigenvalue weighted by Gasteiger charge is -2.35. The molecule has 15 heteroatoms. The van der Waals surface area contributed by atoms with Crippen LogP contribution in [0.25, 0.3) is 10.9 Å². The van der Waals surface area contributed by atoms with Gasteiger partial charge >= 0.3 is 18.2 Å². The molecule has 41 heavy (non-hydrogen) atoms. The van der Waals surface area contributed by atoms with Crippen LogP contribution in [0.3, 0.4) is 0 Å². The number of hydrogen-bond acceptors (Lipinski definition) is 7. The number of fused-ring (bicyclic) bond motifs is 1. The zero-order chi connectivity index (χ0) is 30.2. The molecule has 4 rings (SSSR count). The van der Waals surface area contributed by atoms with Crippen LogP contribution in [-0.2, 0) is 21.0 Å². The summed E-state index contributed by atoms with van der Waals surface area (Å²) in [6.45, 7) is 0.289. The van der Waals surface area contributed by atoms with Crippen LogP contribution in [0.2, 0.25) is 0 Å². The second-order valence-electron chi connectivity index (χ2n) is 8.81. The quantitative estimate of drug-likeness (QED) is 0.216. The monoisotopic (exact) mass is 578 g/mol. The lowest BCUT2D eigenvalue weighted by molar-refractivity contribution is -0.192. The average Bonchev–Trinajstić information content (AvgIpc) is 2.95. The Labute approximate surface area is 230 Å². The summed E-state index contributed by atoms with van der Waals surface area (Å²) in [6.07, 6.45) is -4.39. The maximum absolute atomic E-state index is 12.8. The predicted octanol–water partition coefficient (Wildman–Crippen LogP) is 3.51. The van der Waals surface area contributed by atoms with E-state index in [1.54, 1.807) is 18.3 Å². The number of nitrogens with one attached hydrogen (secondary N) is 2. The van der Waals surface area contributed by atoms with Gasteiger partial charge in [0.2, 0.25) is 11.8 Å². The van der Waals surface area contributed by atoms with Crippen LogP contribution >= 0.6 is 0 Å². The smallest absolute Gasteiger partial charge is 0.488 e. The molecule has 2 aromatic carbocycles. The molecule has 2 atom stereocenters. The van der Waals surface area contributed by atoms with Crippen molar-refractivity contribution in [3.8, 4) is 5.75 Å². The maximum atomic E-state index is 12.8. The number of ether oxygens (including phenoxy) is 1. The van der Waals surface area contributed by atoms with Gasteiger partial charge in [-0.05, 0) is 42.3 Å². The summed E-state index contributed by atoms with van der Waals surface area (Å²) in [4.78, 5) is 50.4. The molecule has 1 saturated heterocycles. The van der Waals surface area contributed by atoms with Gasteiger partial charge in [-0.15, -0.1) is 0 Å². The molecule has 1 aliphatic heterocycles. The number of para-hydroxylation sites is 1. The van der Waals surface area contributed by atoms with Crippen molar-refractivity contribution in [1.82, 2.24) is 15.4 Å². The number of alkyl halides is 3. The molecule has 2 heterocycles. The third-order valence-corrected chi connectivity index (χ3v) is 6.13. The van der Waals surface area contributed by atoms with Crippen molar-refractivity contribution >= 4 is 40.5 Å². The van der Waals surface area contributed by atoms with E-state index >= 15 is 0 Å². The Kier molecular flexibility index (Phi) is 10.0. The fraction of sp³-hybridized carbons (Fsp3) is 0.269. The van der Waals surface area contributed by atoms with Crippen LogP contribution in [0, 0.1) is 11.8 Å². The van der Waals surface area contributed by atoms with Crippen molar-refractivity contribution in [2.45, 2.75) is 19.2 Å². The molecule has 0 bridgehead atoms. The lowest BCUT2D eigenvalue weighted by atomic mass is 9.84. The van der Waals surface area contributed by atoms with Gasteiger partial charge in [0.05, 0.1) is 17.4 Å². The number of benzene rings is 2. The van der Waals surface area contributed by atoms with E-state index in [4.69, 9.17) is 19.8 Å². The molecule has 12 nitrogen and oxygen atoms in total. The highest BCUT2D eigenvalue weighted by Gasteiger charge is 2.40. The highest BCUT2D eigenvalue weighted by molar-refractivity contribution is 5.96. The first-order valence-electron chi connectivity index (χ1n) is 12.0. The van der Waals surface area contributed by atoms with Crippen molar-refractivity contribution in [1.29, 1.82) is 0 Å². The van der Waals surface area contributed by atoms with E-state index in [-0.39, 0.29) is 19.5 Å². The molecular formula is C26H25F3N4O8. The number of aromatic nitrogens is 1. The van der Waals surface area contributed by atoms with E-state index in [9.17, 15) is 32.7 Å². The number of anilines is 1. The molecule has 0 aliphatic carbocycles. The highest BCUT2D eigenvalue weighted by Crippen LogP contribution is 2.27. The molecule has 0 spiro atoms. The molecule has 218 valence electrons. The maximum Gasteiger partial charge on any atom is 0.490 e. The van der Waals surface area contributed by atoms with Gasteiger partial charge in [0, 0.05) is 30.4 Å². The van der Waals surface area contributed by atoms with Gasteiger partial charge in [-0.25, -0.2) is 15.1 Å². The second-order valence-corrected chi connectivity index (χ2v) is 8.81. The van der Waals surface area contributed by atoms with Crippen molar-refractivity contribution in [2.75, 3.05) is 18.4 Å². The Hall–Kier alpha value is -4.92. The van der Waals surface area contributed by atoms with Gasteiger partial charge in [-0.3, -0.25) is 19.8 Å². The fourth-order valence-corrected chi connectivity index (χ4v) is 4.06. The predicted molar refractivity (Wildman–Crippen MR) is 136 cm³/mol. The number of nitrogens with zero attached hydrogens (tertiary/aromatic N) is 2. The van der Waals surface area contributed by atoms with Crippen LogP contribution in [0.1, 0.15) is 12.0 Å². The fourth-order valence-electron chi connectivity index (χ4n) is 4.06. The second kappa shape index (κ2) is 13.4. The third kappa shape index (κ3) is 8.28. The standard InChI is InChI=1S/C24H24N4O6.C2HF3O2/c29-22(17-10-12-28(24(31)32)13-19(17)23(30)27-33)26-16-7-5-15(6-8-16)14-34-21-9-11-25-20-4-2-1-3-18(20)21;3-2(4,5)1(6)7/h1-9,11,17,19,33H,10,12-14H2,(H,26,29)(H,27,30)(H,31,32);(H,6,7). The zero-order valence-electron chi connectivity index (χ0n) is 21.2. The van der Waals surface area contributed by atoms with Gasteiger partial charge < -0.3 is 25.2 Å². The van der Waals surface area contributed by atoms with E-state index in [0.29, 0.717) is 12.3 Å².